The second-order valence-electron chi connectivity index (χ2n) is 10.6. The van der Waals surface area contributed by atoms with Crippen LogP contribution < -0.4 is 14.8 Å². The van der Waals surface area contributed by atoms with E-state index in [2.05, 4.69) is 74.3 Å². The van der Waals surface area contributed by atoms with Gasteiger partial charge in [-0.2, -0.15) is 0 Å². The van der Waals surface area contributed by atoms with E-state index in [9.17, 15) is 5.11 Å². The van der Waals surface area contributed by atoms with Gasteiger partial charge in [-0.1, -0.05) is 24.3 Å². The molecule has 0 saturated carbocycles. The third-order valence-corrected chi connectivity index (χ3v) is 7.47. The van der Waals surface area contributed by atoms with Gasteiger partial charge in [0.1, 0.15) is 23.9 Å². The Morgan fingerprint density at radius 2 is 1.65 bits per heavy atom. The number of fused-ring (bicyclic) bond motifs is 1. The van der Waals surface area contributed by atoms with E-state index in [-0.39, 0.29) is 5.75 Å². The van der Waals surface area contributed by atoms with Gasteiger partial charge in [0.25, 0.3) is 0 Å². The lowest BCUT2D eigenvalue weighted by molar-refractivity contribution is 0.142. The Bertz CT molecular complexity index is 1150. The molecule has 3 aromatic rings. The van der Waals surface area contributed by atoms with Gasteiger partial charge in [0.2, 0.25) is 0 Å². The fourth-order valence-corrected chi connectivity index (χ4v) is 5.46. The normalized spacial score (nSPS) is 15.2. The topological polar surface area (TPSA) is 54.0 Å². The van der Waals surface area contributed by atoms with Crippen LogP contribution in [-0.2, 0) is 19.4 Å². The second-order valence-corrected chi connectivity index (χ2v) is 10.6. The highest BCUT2D eigenvalue weighted by Crippen LogP contribution is 2.38. The van der Waals surface area contributed by atoms with Crippen molar-refractivity contribution in [2.24, 2.45) is 0 Å². The summed E-state index contributed by atoms with van der Waals surface area (Å²) in [6.45, 7) is 11.2. The first kappa shape index (κ1) is 26.9. The van der Waals surface area contributed by atoms with Crippen LogP contribution in [0.2, 0.25) is 0 Å². The summed E-state index contributed by atoms with van der Waals surface area (Å²) in [5, 5.41) is 13.8. The summed E-state index contributed by atoms with van der Waals surface area (Å²) in [6, 6.07) is 21.5. The number of rotatable bonds is 11. The highest BCUT2D eigenvalue weighted by atomic mass is 16.5. The summed E-state index contributed by atoms with van der Waals surface area (Å²) in [5.74, 6) is 2.52. The predicted octanol–water partition coefficient (Wildman–Crippen LogP) is 6.78. The summed E-state index contributed by atoms with van der Waals surface area (Å²) in [5.41, 5.74) is 6.21. The molecule has 1 unspecified atom stereocenters. The minimum Gasteiger partial charge on any atom is -0.508 e. The number of benzene rings is 3. The molecule has 0 aliphatic heterocycles. The smallest absolute Gasteiger partial charge is 0.119 e. The minimum absolute atomic E-state index is 0.285. The molecule has 0 amide bonds. The zero-order valence-electron chi connectivity index (χ0n) is 23.0. The maximum absolute atomic E-state index is 10.2. The summed E-state index contributed by atoms with van der Waals surface area (Å²) in [4.78, 5) is 2.44. The van der Waals surface area contributed by atoms with Gasteiger partial charge in [-0.3, -0.25) is 4.90 Å². The van der Waals surface area contributed by atoms with E-state index in [1.807, 2.05) is 18.2 Å². The van der Waals surface area contributed by atoms with E-state index < -0.39 is 0 Å². The molecule has 0 spiro atoms. The third kappa shape index (κ3) is 6.98. The van der Waals surface area contributed by atoms with E-state index in [1.165, 1.54) is 22.3 Å². The number of phenols is 1. The van der Waals surface area contributed by atoms with Crippen LogP contribution >= 0.6 is 0 Å². The van der Waals surface area contributed by atoms with E-state index in [0.29, 0.717) is 31.2 Å². The number of anilines is 1. The molecule has 37 heavy (non-hydrogen) atoms. The third-order valence-electron chi connectivity index (χ3n) is 7.47. The zero-order valence-corrected chi connectivity index (χ0v) is 23.0. The lowest BCUT2D eigenvalue weighted by atomic mass is 9.79. The van der Waals surface area contributed by atoms with E-state index >= 15 is 0 Å². The summed E-state index contributed by atoms with van der Waals surface area (Å²) in [7, 11) is 1.72. The average Bonchev–Trinajstić information content (AvgIpc) is 2.89. The first-order valence-electron chi connectivity index (χ1n) is 13.5. The zero-order chi connectivity index (χ0) is 26.4. The molecule has 1 atom stereocenters. The van der Waals surface area contributed by atoms with Crippen LogP contribution in [0.1, 0.15) is 62.3 Å². The van der Waals surface area contributed by atoms with Crippen molar-refractivity contribution in [3.8, 4) is 17.2 Å². The Balaban J connectivity index is 1.36. The lowest BCUT2D eigenvalue weighted by Gasteiger charge is -2.30. The highest BCUT2D eigenvalue weighted by Gasteiger charge is 2.23. The van der Waals surface area contributed by atoms with Crippen molar-refractivity contribution in [1.82, 2.24) is 4.90 Å². The molecule has 0 bridgehead atoms. The van der Waals surface area contributed by atoms with Gasteiger partial charge in [0.05, 0.1) is 7.11 Å². The van der Waals surface area contributed by atoms with Crippen LogP contribution in [0.4, 0.5) is 5.69 Å². The number of nitrogens with zero attached hydrogens (tertiary/aromatic N) is 1. The molecule has 2 N–H and O–H groups in total. The lowest BCUT2D eigenvalue weighted by Crippen LogP contribution is -2.39. The number of hydrogen-bond donors (Lipinski definition) is 2. The molecule has 4 rings (SSSR count). The molecular weight excluding hydrogens is 460 g/mol. The van der Waals surface area contributed by atoms with Crippen LogP contribution in [0.25, 0.3) is 0 Å². The number of nitrogens with one attached hydrogen (secondary N) is 1. The van der Waals surface area contributed by atoms with Crippen LogP contribution in [0.3, 0.4) is 0 Å². The van der Waals surface area contributed by atoms with Crippen LogP contribution in [0, 0.1) is 0 Å². The molecule has 198 valence electrons. The van der Waals surface area contributed by atoms with Crippen molar-refractivity contribution in [3.05, 3.63) is 82.9 Å². The molecular formula is C32H42N2O3. The average molecular weight is 503 g/mol. The van der Waals surface area contributed by atoms with E-state index in [4.69, 9.17) is 9.47 Å². The Kier molecular flexibility index (Phi) is 8.99. The van der Waals surface area contributed by atoms with Gasteiger partial charge >= 0.3 is 0 Å². The Morgan fingerprint density at radius 3 is 2.35 bits per heavy atom. The first-order valence-corrected chi connectivity index (χ1v) is 13.5. The highest BCUT2D eigenvalue weighted by molar-refractivity contribution is 5.57. The van der Waals surface area contributed by atoms with Crippen LogP contribution in [0.15, 0.2) is 60.7 Å². The van der Waals surface area contributed by atoms with Gasteiger partial charge in [-0.05, 0) is 105 Å². The van der Waals surface area contributed by atoms with Crippen molar-refractivity contribution >= 4 is 5.69 Å². The Morgan fingerprint density at radius 1 is 0.919 bits per heavy atom. The molecule has 5 heteroatoms. The largest absolute Gasteiger partial charge is 0.508 e. The van der Waals surface area contributed by atoms with Crippen molar-refractivity contribution in [2.45, 2.75) is 71.5 Å². The molecule has 1 aliphatic rings. The molecule has 0 heterocycles. The van der Waals surface area contributed by atoms with Crippen molar-refractivity contribution < 1.29 is 14.6 Å². The molecule has 3 aromatic carbocycles. The minimum atomic E-state index is 0.285. The number of methoxy groups -OCH3 is 1. The summed E-state index contributed by atoms with van der Waals surface area (Å²) < 4.78 is 11.4. The fourth-order valence-electron chi connectivity index (χ4n) is 5.46. The molecule has 5 nitrogen and oxygen atoms in total. The molecule has 0 fully saturated rings. The number of hydrogen-bond acceptors (Lipinski definition) is 5. The molecule has 0 saturated heterocycles. The maximum Gasteiger partial charge on any atom is 0.119 e. The SMILES string of the molecule is COc1ccc2c(c1)CCC(c1ccc(O)cc1NCc1ccc(OCCN(C(C)C)C(C)C)cc1)C2. The van der Waals surface area contributed by atoms with Gasteiger partial charge in [-0.15, -0.1) is 0 Å². The second kappa shape index (κ2) is 12.4. The van der Waals surface area contributed by atoms with Crippen LogP contribution in [0.5, 0.6) is 17.2 Å². The standard InChI is InChI=1S/C32H42N2O3/c1-22(2)34(23(3)4)16-17-37-29-12-6-24(7-13-29)21-33-32-20-28(35)11-15-31(32)27-9-8-26-19-30(36-5)14-10-25(26)18-27/h6-7,10-15,19-20,22-23,27,33,35H,8-9,16-18,21H2,1-5H3. The first-order chi connectivity index (χ1) is 17.8. The number of aromatic hydroxyl groups is 1. The number of phenolic OH excluding ortho intramolecular Hbond substituents is 1. The van der Waals surface area contributed by atoms with Crippen LogP contribution in [-0.4, -0.2) is 42.4 Å². The Hall–Kier alpha value is -3.18. The summed E-state index contributed by atoms with van der Waals surface area (Å²) >= 11 is 0. The van der Waals surface area contributed by atoms with Crippen molar-refractivity contribution in [2.75, 3.05) is 25.6 Å². The van der Waals surface area contributed by atoms with Crippen molar-refractivity contribution in [1.29, 1.82) is 0 Å². The predicted molar refractivity (Wildman–Crippen MR) is 152 cm³/mol. The molecule has 0 aromatic heterocycles. The number of ether oxygens (including phenoxy) is 2. The number of aryl methyl sites for hydroxylation is 1. The van der Waals surface area contributed by atoms with Gasteiger partial charge < -0.3 is 19.9 Å². The van der Waals surface area contributed by atoms with E-state index in [1.54, 1.807) is 13.2 Å². The van der Waals surface area contributed by atoms with Gasteiger partial charge in [0.15, 0.2) is 0 Å². The van der Waals surface area contributed by atoms with Gasteiger partial charge in [0, 0.05) is 36.9 Å². The Labute approximate surface area is 222 Å². The molecule has 0 radical (unpaired) electrons. The van der Waals surface area contributed by atoms with Crippen molar-refractivity contribution in [3.63, 3.8) is 0 Å². The fraction of sp³-hybridized carbons (Fsp3) is 0.438. The summed E-state index contributed by atoms with van der Waals surface area (Å²) in [6.07, 6.45) is 3.11. The van der Waals surface area contributed by atoms with Gasteiger partial charge in [-0.25, -0.2) is 0 Å². The maximum atomic E-state index is 10.2. The quantitative estimate of drug-likeness (QED) is 0.303. The van der Waals surface area contributed by atoms with E-state index in [0.717, 1.165) is 43.0 Å². The monoisotopic (exact) mass is 502 g/mol. The molecule has 1 aliphatic carbocycles.